The van der Waals surface area contributed by atoms with Crippen LogP contribution < -0.4 is 0 Å². The summed E-state index contributed by atoms with van der Waals surface area (Å²) in [5.41, 5.74) is 0. The van der Waals surface area contributed by atoms with Gasteiger partial charge in [-0.25, -0.2) is 4.08 Å². The summed E-state index contributed by atoms with van der Waals surface area (Å²) >= 11 is 22.0. The number of halogens is 4. The predicted octanol–water partition coefficient (Wildman–Crippen LogP) is 2.30. The van der Waals surface area contributed by atoms with E-state index in [0.29, 0.717) is 6.44 Å². The van der Waals surface area contributed by atoms with Gasteiger partial charge in [0.05, 0.1) is 0 Å². The Morgan fingerprint density at radius 2 is 1.89 bits per heavy atom. The smallest absolute Gasteiger partial charge is 0.210 e. The fourth-order valence-electron chi connectivity index (χ4n) is 0.264. The third-order valence-electron chi connectivity index (χ3n) is 0.618. The van der Waals surface area contributed by atoms with E-state index < -0.39 is 6.16 Å². The summed E-state index contributed by atoms with van der Waals surface area (Å²) in [6.45, 7) is 1.85. The van der Waals surface area contributed by atoms with Crippen molar-refractivity contribution in [3.63, 3.8) is 0 Å². The van der Waals surface area contributed by atoms with Crippen molar-refractivity contribution in [2.24, 2.45) is 0 Å². The lowest BCUT2D eigenvalue weighted by Crippen LogP contribution is -2.34. The van der Waals surface area contributed by atoms with Crippen LogP contribution in [0.15, 0.2) is 0 Å². The molecule has 1 radical (unpaired) electrons. The highest BCUT2D eigenvalue weighted by Crippen LogP contribution is 2.25. The third kappa shape index (κ3) is 4.76. The van der Waals surface area contributed by atoms with Crippen molar-refractivity contribution in [2.45, 2.75) is 6.82 Å². The van der Waals surface area contributed by atoms with Crippen LogP contribution in [-0.2, 0) is 0 Å². The van der Waals surface area contributed by atoms with E-state index in [2.05, 4.69) is 0 Å². The lowest BCUT2D eigenvalue weighted by atomic mass is 9.84. The van der Waals surface area contributed by atoms with E-state index in [1.807, 2.05) is 14.1 Å². The van der Waals surface area contributed by atoms with Gasteiger partial charge in [0.1, 0.15) is 7.28 Å². The third-order valence-corrected chi connectivity index (χ3v) is 4.86. The van der Waals surface area contributed by atoms with E-state index in [1.165, 1.54) is 4.08 Å². The second kappa shape index (κ2) is 4.32. The van der Waals surface area contributed by atoms with Crippen molar-refractivity contribution in [3.8, 4) is 0 Å². The summed E-state index contributed by atoms with van der Waals surface area (Å²) in [6.07, 6.45) is -2.29. The molecule has 0 unspecified atom stereocenters. The van der Waals surface area contributed by atoms with E-state index in [9.17, 15) is 0 Å². The Morgan fingerprint density at radius 1 is 1.44 bits per heavy atom. The van der Waals surface area contributed by atoms with Gasteiger partial charge in [-0.1, -0.05) is 6.82 Å². The number of rotatable bonds is 3. The Hall–Kier alpha value is 1.40. The highest BCUT2D eigenvalue weighted by molar-refractivity contribution is 7.64. The molecular formula is C2H5BCl4NSi. The Balaban J connectivity index is 3.59. The van der Waals surface area contributed by atoms with Crippen molar-refractivity contribution in [2.75, 3.05) is 6.44 Å². The van der Waals surface area contributed by atoms with Gasteiger partial charge in [-0.05, 0) is 18.2 Å². The van der Waals surface area contributed by atoms with E-state index in [-0.39, 0.29) is 0 Å². The maximum absolute atomic E-state index is 5.53. The molecule has 0 aromatic heterocycles. The molecule has 53 valence electrons. The molecule has 7 heteroatoms. The zero-order valence-corrected chi connectivity index (χ0v) is 8.77. The molecule has 0 N–H and O–H groups in total. The van der Waals surface area contributed by atoms with Gasteiger partial charge in [-0.15, -0.1) is 33.2 Å². The molecule has 0 aliphatic heterocycles. The molecular weight excluding hydrogens is 219 g/mol. The van der Waals surface area contributed by atoms with Crippen molar-refractivity contribution < 1.29 is 0 Å². The molecule has 0 atom stereocenters. The molecule has 0 bridgehead atoms. The van der Waals surface area contributed by atoms with E-state index in [0.717, 1.165) is 0 Å². The van der Waals surface area contributed by atoms with Gasteiger partial charge in [0.15, 0.2) is 0 Å². The average Bonchev–Trinajstić information content (AvgIpc) is 1.64. The predicted molar refractivity (Wildman–Crippen MR) is 47.5 cm³/mol. The molecule has 0 fully saturated rings. The van der Waals surface area contributed by atoms with Crippen LogP contribution in [0.3, 0.4) is 0 Å². The van der Waals surface area contributed by atoms with Gasteiger partial charge < -0.3 is 0 Å². The Bertz CT molecular complexity index is 85.1. The molecule has 0 heterocycles. The van der Waals surface area contributed by atoms with Crippen LogP contribution in [0, 0.1) is 0 Å². The van der Waals surface area contributed by atoms with Crippen molar-refractivity contribution in [1.82, 2.24) is 4.08 Å². The highest BCUT2D eigenvalue weighted by atomic mass is 35.8. The minimum atomic E-state index is -2.80. The zero-order valence-electron chi connectivity index (χ0n) is 4.74. The Kier molecular flexibility index (Phi) is 4.99. The minimum absolute atomic E-state index is 0.504. The monoisotopic (exact) mass is 222 g/mol. The van der Waals surface area contributed by atoms with Crippen LogP contribution in [0.1, 0.15) is 0 Å². The fraction of sp³-hybridized carbons (Fsp3) is 1.00. The molecule has 0 aromatic carbocycles. The Morgan fingerprint density at radius 3 is 2.00 bits per heavy atom. The second-order valence-electron chi connectivity index (χ2n) is 1.42. The van der Waals surface area contributed by atoms with Crippen molar-refractivity contribution in [3.05, 3.63) is 0 Å². The number of nitrogens with zero attached hydrogens (tertiary/aromatic N) is 1. The normalized spacial score (nSPS) is 12.2. The first-order valence-electron chi connectivity index (χ1n) is 2.26. The van der Waals surface area contributed by atoms with Crippen LogP contribution in [0.5, 0.6) is 0 Å². The summed E-state index contributed by atoms with van der Waals surface area (Å²) in [7, 11) is 1.82. The SMILES string of the molecule is C[B]CN(Cl)[Si](Cl)(Cl)Cl. The van der Waals surface area contributed by atoms with Gasteiger partial charge in [0.25, 0.3) is 0 Å². The lowest BCUT2D eigenvalue weighted by molar-refractivity contribution is 0.823. The molecule has 1 nitrogen and oxygen atoms in total. The molecule has 0 aliphatic rings. The first kappa shape index (κ1) is 10.4. The number of hydrogen-bond acceptors (Lipinski definition) is 1. The van der Waals surface area contributed by atoms with Crippen LogP contribution >= 0.6 is 45.0 Å². The second-order valence-corrected chi connectivity index (χ2v) is 10.3. The van der Waals surface area contributed by atoms with E-state index >= 15 is 0 Å². The van der Waals surface area contributed by atoms with Gasteiger partial charge >= 0.3 is 6.16 Å². The lowest BCUT2D eigenvalue weighted by Gasteiger charge is -2.17. The zero-order chi connectivity index (χ0) is 7.49. The molecule has 0 spiro atoms. The van der Waals surface area contributed by atoms with Crippen LogP contribution in [0.2, 0.25) is 6.82 Å². The highest BCUT2D eigenvalue weighted by Gasteiger charge is 2.32. The molecule has 0 rings (SSSR count). The van der Waals surface area contributed by atoms with Gasteiger partial charge in [-0.3, -0.25) is 0 Å². The van der Waals surface area contributed by atoms with Crippen LogP contribution in [-0.4, -0.2) is 24.0 Å². The average molecular weight is 224 g/mol. The molecule has 0 aliphatic carbocycles. The summed E-state index contributed by atoms with van der Waals surface area (Å²) in [5, 5.41) is 0. The van der Waals surface area contributed by atoms with Crippen LogP contribution in [0.4, 0.5) is 0 Å². The molecule has 0 saturated heterocycles. The largest absolute Gasteiger partial charge is 0.438 e. The van der Waals surface area contributed by atoms with Gasteiger partial charge in [0, 0.05) is 0 Å². The maximum atomic E-state index is 5.53. The first-order valence-corrected chi connectivity index (χ1v) is 7.58. The molecule has 9 heavy (non-hydrogen) atoms. The summed E-state index contributed by atoms with van der Waals surface area (Å²) < 4.78 is 1.22. The molecule has 0 aromatic rings. The maximum Gasteiger partial charge on any atom is 0.438 e. The molecule has 0 saturated carbocycles. The summed E-state index contributed by atoms with van der Waals surface area (Å²) in [5.74, 6) is 0. The van der Waals surface area contributed by atoms with E-state index in [4.69, 9.17) is 45.0 Å². The quantitative estimate of drug-likeness (QED) is 0.403. The van der Waals surface area contributed by atoms with Gasteiger partial charge in [-0.2, -0.15) is 0 Å². The van der Waals surface area contributed by atoms with Crippen molar-refractivity contribution >= 4 is 58.5 Å². The summed E-state index contributed by atoms with van der Waals surface area (Å²) in [4.78, 5) is 0. The van der Waals surface area contributed by atoms with Gasteiger partial charge in [0.2, 0.25) is 0 Å². The molecule has 0 amide bonds. The van der Waals surface area contributed by atoms with E-state index in [1.54, 1.807) is 0 Å². The van der Waals surface area contributed by atoms with Crippen molar-refractivity contribution in [1.29, 1.82) is 0 Å². The minimum Gasteiger partial charge on any atom is -0.210 e. The van der Waals surface area contributed by atoms with Crippen LogP contribution in [0.25, 0.3) is 0 Å². The fourth-order valence-corrected chi connectivity index (χ4v) is 1.41. The topological polar surface area (TPSA) is 3.24 Å². The summed E-state index contributed by atoms with van der Waals surface area (Å²) in [6, 6.07) is 0. The Labute approximate surface area is 75.8 Å². The number of hydrogen-bond donors (Lipinski definition) is 0. The first-order chi connectivity index (χ1) is 3.98. The standard InChI is InChI=1S/C2H5BCl4NSi/c1-3-2-8(4)9(5,6)7/h2H2,1H3.